The van der Waals surface area contributed by atoms with Gasteiger partial charge in [0.15, 0.2) is 11.5 Å². The molecule has 2 aromatic rings. The molecule has 0 fully saturated rings. The molecular weight excluding hydrogens is 420 g/mol. The van der Waals surface area contributed by atoms with E-state index < -0.39 is 0 Å². The van der Waals surface area contributed by atoms with E-state index in [4.69, 9.17) is 14.2 Å². The van der Waals surface area contributed by atoms with E-state index in [1.165, 1.54) is 5.56 Å². The third-order valence-corrected chi connectivity index (χ3v) is 5.99. The molecule has 1 atom stereocenters. The fourth-order valence-electron chi connectivity index (χ4n) is 4.22. The number of methoxy groups -OCH3 is 2. The van der Waals surface area contributed by atoms with Crippen LogP contribution in [-0.4, -0.2) is 50.7 Å². The number of carbonyl (C=O) groups excluding carboxylic acids is 2. The van der Waals surface area contributed by atoms with Crippen molar-refractivity contribution in [3.05, 3.63) is 53.1 Å². The number of nitrogens with one attached hydrogen (secondary N) is 1. The number of ether oxygens (including phenoxy) is 3. The normalized spacial score (nSPS) is 15.6. The first-order chi connectivity index (χ1) is 15.9. The van der Waals surface area contributed by atoms with Gasteiger partial charge in [-0.1, -0.05) is 26.0 Å². The molecule has 0 spiro atoms. The van der Waals surface area contributed by atoms with Gasteiger partial charge in [-0.2, -0.15) is 0 Å². The number of fused-ring (bicyclic) bond motifs is 1. The van der Waals surface area contributed by atoms with Crippen molar-refractivity contribution in [2.24, 2.45) is 0 Å². The second kappa shape index (κ2) is 11.2. The highest BCUT2D eigenvalue weighted by Crippen LogP contribution is 2.39. The van der Waals surface area contributed by atoms with Crippen molar-refractivity contribution in [3.8, 4) is 11.5 Å². The van der Waals surface area contributed by atoms with Gasteiger partial charge in [0.2, 0.25) is 5.91 Å². The van der Waals surface area contributed by atoms with Gasteiger partial charge in [0, 0.05) is 18.3 Å². The highest BCUT2D eigenvalue weighted by atomic mass is 16.5. The number of anilines is 1. The highest BCUT2D eigenvalue weighted by molar-refractivity contribution is 5.92. The molecule has 33 heavy (non-hydrogen) atoms. The maximum Gasteiger partial charge on any atom is 0.307 e. The summed E-state index contributed by atoms with van der Waals surface area (Å²) in [6, 6.07) is 11.5. The zero-order valence-corrected chi connectivity index (χ0v) is 20.1. The van der Waals surface area contributed by atoms with Crippen LogP contribution in [0, 0.1) is 0 Å². The smallest absolute Gasteiger partial charge is 0.307 e. The van der Waals surface area contributed by atoms with Gasteiger partial charge in [0.25, 0.3) is 0 Å². The van der Waals surface area contributed by atoms with Gasteiger partial charge in [-0.3, -0.25) is 14.5 Å². The summed E-state index contributed by atoms with van der Waals surface area (Å²) in [4.78, 5) is 27.3. The average Bonchev–Trinajstić information content (AvgIpc) is 2.80. The minimum atomic E-state index is -0.292. The molecule has 1 heterocycles. The Morgan fingerprint density at radius 2 is 1.76 bits per heavy atom. The van der Waals surface area contributed by atoms with Crippen molar-refractivity contribution in [2.75, 3.05) is 39.2 Å². The van der Waals surface area contributed by atoms with Crippen LogP contribution >= 0.6 is 0 Å². The summed E-state index contributed by atoms with van der Waals surface area (Å²) in [5.41, 5.74) is 4.03. The maximum absolute atomic E-state index is 12.9. The summed E-state index contributed by atoms with van der Waals surface area (Å²) in [6.45, 7) is 7.19. The van der Waals surface area contributed by atoms with Crippen LogP contribution < -0.4 is 14.8 Å². The monoisotopic (exact) mass is 454 g/mol. The van der Waals surface area contributed by atoms with Crippen LogP contribution in [0.25, 0.3) is 0 Å². The SMILES string of the molecule is CCOC(=O)CC1c2cc(OC)c(OC)cc2CCN1CC(=O)Nc1ccc(C(C)C)cc1. The average molecular weight is 455 g/mol. The predicted octanol–water partition coefficient (Wildman–Crippen LogP) is 4.32. The number of hydrogen-bond donors (Lipinski definition) is 1. The van der Waals surface area contributed by atoms with Crippen LogP contribution in [0.5, 0.6) is 11.5 Å². The molecule has 3 rings (SSSR count). The Morgan fingerprint density at radius 1 is 1.09 bits per heavy atom. The lowest BCUT2D eigenvalue weighted by Gasteiger charge is -2.37. The van der Waals surface area contributed by atoms with E-state index in [9.17, 15) is 9.59 Å². The van der Waals surface area contributed by atoms with E-state index in [0.717, 1.165) is 23.2 Å². The lowest BCUT2D eigenvalue weighted by atomic mass is 9.90. The van der Waals surface area contributed by atoms with Crippen LogP contribution in [0.2, 0.25) is 0 Å². The van der Waals surface area contributed by atoms with Crippen molar-refractivity contribution in [1.29, 1.82) is 0 Å². The quantitative estimate of drug-likeness (QED) is 0.569. The van der Waals surface area contributed by atoms with Crippen LogP contribution in [0.15, 0.2) is 36.4 Å². The number of benzene rings is 2. The van der Waals surface area contributed by atoms with Crippen LogP contribution in [0.3, 0.4) is 0 Å². The van der Waals surface area contributed by atoms with Gasteiger partial charge in [0.05, 0.1) is 33.8 Å². The molecule has 0 saturated heterocycles. The van der Waals surface area contributed by atoms with Crippen LogP contribution in [-0.2, 0) is 20.7 Å². The summed E-state index contributed by atoms with van der Waals surface area (Å²) in [5.74, 6) is 1.27. The van der Waals surface area contributed by atoms with Crippen molar-refractivity contribution < 1.29 is 23.8 Å². The summed E-state index contributed by atoms with van der Waals surface area (Å²) >= 11 is 0. The zero-order valence-electron chi connectivity index (χ0n) is 20.1. The van der Waals surface area contributed by atoms with E-state index in [1.807, 2.05) is 41.3 Å². The molecule has 0 bridgehead atoms. The lowest BCUT2D eigenvalue weighted by Crippen LogP contribution is -2.41. The van der Waals surface area contributed by atoms with Crippen molar-refractivity contribution in [3.63, 3.8) is 0 Å². The third-order valence-electron chi connectivity index (χ3n) is 5.99. The highest BCUT2D eigenvalue weighted by Gasteiger charge is 2.32. The topological polar surface area (TPSA) is 77.1 Å². The predicted molar refractivity (Wildman–Crippen MR) is 128 cm³/mol. The molecule has 1 amide bonds. The summed E-state index contributed by atoms with van der Waals surface area (Å²) < 4.78 is 16.1. The Balaban J connectivity index is 1.81. The van der Waals surface area contributed by atoms with Gasteiger partial charge >= 0.3 is 5.97 Å². The third kappa shape index (κ3) is 6.05. The number of carbonyl (C=O) groups is 2. The van der Waals surface area contributed by atoms with Crippen LogP contribution in [0.1, 0.15) is 55.8 Å². The van der Waals surface area contributed by atoms with E-state index in [2.05, 4.69) is 19.2 Å². The van der Waals surface area contributed by atoms with E-state index >= 15 is 0 Å². The molecule has 0 radical (unpaired) electrons. The Labute approximate surface area is 196 Å². The first-order valence-corrected chi connectivity index (χ1v) is 11.4. The number of rotatable bonds is 9. The van der Waals surface area contributed by atoms with Crippen molar-refractivity contribution in [1.82, 2.24) is 4.90 Å². The van der Waals surface area contributed by atoms with E-state index in [0.29, 0.717) is 30.6 Å². The Bertz CT molecular complexity index is 971. The van der Waals surface area contributed by atoms with Crippen LogP contribution in [0.4, 0.5) is 5.69 Å². The molecular formula is C26H34N2O5. The summed E-state index contributed by atoms with van der Waals surface area (Å²) in [7, 11) is 3.19. The molecule has 1 unspecified atom stereocenters. The second-order valence-corrected chi connectivity index (χ2v) is 8.48. The largest absolute Gasteiger partial charge is 0.493 e. The van der Waals surface area contributed by atoms with Gasteiger partial charge in [0.1, 0.15) is 0 Å². The molecule has 178 valence electrons. The van der Waals surface area contributed by atoms with Gasteiger partial charge in [-0.15, -0.1) is 0 Å². The fraction of sp³-hybridized carbons (Fsp3) is 0.462. The van der Waals surface area contributed by atoms with Gasteiger partial charge in [-0.05, 0) is 60.2 Å². The summed E-state index contributed by atoms with van der Waals surface area (Å²) in [5, 5.41) is 2.98. The minimum absolute atomic E-state index is 0.120. The molecule has 1 aliphatic heterocycles. The molecule has 0 saturated carbocycles. The molecule has 7 heteroatoms. The molecule has 0 aromatic heterocycles. The number of esters is 1. The van der Waals surface area contributed by atoms with E-state index in [-0.39, 0.29) is 30.9 Å². The minimum Gasteiger partial charge on any atom is -0.493 e. The number of amides is 1. The standard InChI is InChI=1S/C26H34N2O5/c1-6-33-26(30)15-22-21-14-24(32-5)23(31-4)13-19(21)11-12-28(22)16-25(29)27-20-9-7-18(8-10-20)17(2)3/h7-10,13-14,17,22H,6,11-12,15-16H2,1-5H3,(H,27,29). The first-order valence-electron chi connectivity index (χ1n) is 11.4. The Morgan fingerprint density at radius 3 is 2.36 bits per heavy atom. The van der Waals surface area contributed by atoms with Crippen molar-refractivity contribution >= 4 is 17.6 Å². The number of hydrogen-bond acceptors (Lipinski definition) is 6. The number of nitrogens with zero attached hydrogens (tertiary/aromatic N) is 1. The molecule has 2 aromatic carbocycles. The zero-order chi connectivity index (χ0) is 24.0. The molecule has 1 N–H and O–H groups in total. The Hall–Kier alpha value is -3.06. The Kier molecular flexibility index (Phi) is 8.33. The molecule has 1 aliphatic rings. The first kappa shape index (κ1) is 24.6. The second-order valence-electron chi connectivity index (χ2n) is 8.48. The molecule has 7 nitrogen and oxygen atoms in total. The maximum atomic E-state index is 12.9. The van der Waals surface area contributed by atoms with E-state index in [1.54, 1.807) is 21.1 Å². The van der Waals surface area contributed by atoms with Gasteiger partial charge < -0.3 is 19.5 Å². The summed E-state index contributed by atoms with van der Waals surface area (Å²) in [6.07, 6.45) is 0.901. The molecule has 0 aliphatic carbocycles. The van der Waals surface area contributed by atoms with Gasteiger partial charge in [-0.25, -0.2) is 0 Å². The van der Waals surface area contributed by atoms with Crippen molar-refractivity contribution in [2.45, 2.75) is 45.6 Å². The fourth-order valence-corrected chi connectivity index (χ4v) is 4.22. The lowest BCUT2D eigenvalue weighted by molar-refractivity contribution is -0.145.